The lowest BCUT2D eigenvalue weighted by Crippen LogP contribution is -2.37. The fraction of sp³-hybridized carbons (Fsp3) is 0.320. The predicted octanol–water partition coefficient (Wildman–Crippen LogP) is 4.60. The van der Waals surface area contributed by atoms with Gasteiger partial charge >= 0.3 is 0 Å². The molecule has 3 aromatic carbocycles. The van der Waals surface area contributed by atoms with E-state index in [9.17, 15) is 4.79 Å². The standard InChI is InChI=1S/C25H27NO3/c1-28-23-9-4-6-20(15-23)17-26(18-24-10-5-13-29-24)25(27)16-19-11-12-21-7-2-3-8-22(21)14-19/h2-4,6-9,11-12,14-15,24H,5,10,13,16-18H2,1H3. The first-order valence-electron chi connectivity index (χ1n) is 10.2. The molecule has 0 aliphatic carbocycles. The van der Waals surface area contributed by atoms with Crippen LogP contribution in [0.2, 0.25) is 0 Å². The summed E-state index contributed by atoms with van der Waals surface area (Å²) in [4.78, 5) is 15.2. The lowest BCUT2D eigenvalue weighted by atomic mass is 10.0. The number of carbonyl (C=O) groups is 1. The van der Waals surface area contributed by atoms with Crippen molar-refractivity contribution in [3.63, 3.8) is 0 Å². The maximum atomic E-state index is 13.2. The molecule has 150 valence electrons. The van der Waals surface area contributed by atoms with Crippen molar-refractivity contribution < 1.29 is 14.3 Å². The van der Waals surface area contributed by atoms with Gasteiger partial charge in [-0.2, -0.15) is 0 Å². The minimum Gasteiger partial charge on any atom is -0.497 e. The van der Waals surface area contributed by atoms with Gasteiger partial charge in [0.25, 0.3) is 0 Å². The van der Waals surface area contributed by atoms with Gasteiger partial charge in [0, 0.05) is 19.7 Å². The van der Waals surface area contributed by atoms with E-state index in [1.807, 2.05) is 41.3 Å². The highest BCUT2D eigenvalue weighted by molar-refractivity contribution is 5.85. The molecule has 1 saturated heterocycles. The number of fused-ring (bicyclic) bond motifs is 1. The summed E-state index contributed by atoms with van der Waals surface area (Å²) >= 11 is 0. The third-order valence-corrected chi connectivity index (χ3v) is 5.48. The van der Waals surface area contributed by atoms with Gasteiger partial charge in [-0.15, -0.1) is 0 Å². The molecule has 0 saturated carbocycles. The first-order valence-corrected chi connectivity index (χ1v) is 10.2. The number of rotatable bonds is 7. The molecule has 4 nitrogen and oxygen atoms in total. The molecule has 1 aliphatic heterocycles. The van der Waals surface area contributed by atoms with E-state index in [4.69, 9.17) is 9.47 Å². The smallest absolute Gasteiger partial charge is 0.227 e. The molecule has 1 atom stereocenters. The number of amides is 1. The monoisotopic (exact) mass is 389 g/mol. The highest BCUT2D eigenvalue weighted by atomic mass is 16.5. The van der Waals surface area contributed by atoms with Gasteiger partial charge in [0.1, 0.15) is 5.75 Å². The van der Waals surface area contributed by atoms with Gasteiger partial charge in [0.05, 0.1) is 19.6 Å². The first kappa shape index (κ1) is 19.5. The molecule has 1 heterocycles. The third-order valence-electron chi connectivity index (χ3n) is 5.48. The summed E-state index contributed by atoms with van der Waals surface area (Å²) in [6.45, 7) is 1.98. The van der Waals surface area contributed by atoms with Crippen molar-refractivity contribution in [2.75, 3.05) is 20.3 Å². The largest absolute Gasteiger partial charge is 0.497 e. The van der Waals surface area contributed by atoms with E-state index < -0.39 is 0 Å². The minimum atomic E-state index is 0.124. The van der Waals surface area contributed by atoms with Gasteiger partial charge in [-0.1, -0.05) is 54.6 Å². The molecule has 0 radical (unpaired) electrons. The van der Waals surface area contributed by atoms with Crippen molar-refractivity contribution in [2.45, 2.75) is 31.9 Å². The zero-order valence-corrected chi connectivity index (χ0v) is 16.8. The molecule has 1 amide bonds. The first-order chi connectivity index (χ1) is 14.2. The molecule has 4 rings (SSSR count). The van der Waals surface area contributed by atoms with Gasteiger partial charge < -0.3 is 14.4 Å². The van der Waals surface area contributed by atoms with E-state index in [2.05, 4.69) is 30.3 Å². The average Bonchev–Trinajstić information content (AvgIpc) is 3.26. The summed E-state index contributed by atoms with van der Waals surface area (Å²) in [5.74, 6) is 0.931. The van der Waals surface area contributed by atoms with Crippen molar-refractivity contribution in [3.8, 4) is 5.75 Å². The number of nitrogens with zero attached hydrogens (tertiary/aromatic N) is 1. The second-order valence-corrected chi connectivity index (χ2v) is 7.62. The molecule has 0 aromatic heterocycles. The molecule has 1 unspecified atom stereocenters. The molecule has 0 spiro atoms. The van der Waals surface area contributed by atoms with E-state index in [-0.39, 0.29) is 12.0 Å². The summed E-state index contributed by atoms with van der Waals surface area (Å²) in [6.07, 6.45) is 2.59. The maximum Gasteiger partial charge on any atom is 0.227 e. The summed E-state index contributed by atoms with van der Waals surface area (Å²) in [5, 5.41) is 2.35. The van der Waals surface area contributed by atoms with Gasteiger partial charge in [-0.25, -0.2) is 0 Å². The fourth-order valence-electron chi connectivity index (χ4n) is 3.92. The van der Waals surface area contributed by atoms with Crippen molar-refractivity contribution in [2.24, 2.45) is 0 Å². The minimum absolute atomic E-state index is 0.124. The quantitative estimate of drug-likeness (QED) is 0.593. The van der Waals surface area contributed by atoms with Crippen molar-refractivity contribution in [3.05, 3.63) is 77.9 Å². The van der Waals surface area contributed by atoms with Crippen LogP contribution in [0.1, 0.15) is 24.0 Å². The lowest BCUT2D eigenvalue weighted by Gasteiger charge is -2.26. The molecular weight excluding hydrogens is 362 g/mol. The highest BCUT2D eigenvalue weighted by Crippen LogP contribution is 2.20. The van der Waals surface area contributed by atoms with Crippen LogP contribution in [0, 0.1) is 0 Å². The van der Waals surface area contributed by atoms with Crippen molar-refractivity contribution >= 4 is 16.7 Å². The van der Waals surface area contributed by atoms with Crippen LogP contribution in [0.4, 0.5) is 0 Å². The van der Waals surface area contributed by atoms with Gasteiger partial charge in [-0.05, 0) is 46.9 Å². The third kappa shape index (κ3) is 4.96. The Balaban J connectivity index is 1.52. The number of hydrogen-bond acceptors (Lipinski definition) is 3. The number of ether oxygens (including phenoxy) is 2. The number of methoxy groups -OCH3 is 1. The van der Waals surface area contributed by atoms with Crippen molar-refractivity contribution in [1.82, 2.24) is 4.90 Å². The van der Waals surface area contributed by atoms with E-state index >= 15 is 0 Å². The summed E-state index contributed by atoms with van der Waals surface area (Å²) in [7, 11) is 1.66. The number of carbonyl (C=O) groups excluding carboxylic acids is 1. The van der Waals surface area contributed by atoms with Crippen LogP contribution in [0.15, 0.2) is 66.7 Å². The summed E-state index contributed by atoms with van der Waals surface area (Å²) in [5.41, 5.74) is 2.10. The zero-order chi connectivity index (χ0) is 20.1. The van der Waals surface area contributed by atoms with Gasteiger partial charge in [0.2, 0.25) is 5.91 Å². The van der Waals surface area contributed by atoms with Crippen LogP contribution >= 0.6 is 0 Å². The maximum absolute atomic E-state index is 13.2. The van der Waals surface area contributed by atoms with E-state index in [1.54, 1.807) is 7.11 Å². The van der Waals surface area contributed by atoms with Crippen LogP contribution < -0.4 is 4.74 Å². The predicted molar refractivity (Wildman–Crippen MR) is 115 cm³/mol. The van der Waals surface area contributed by atoms with E-state index in [0.29, 0.717) is 19.5 Å². The molecule has 0 bridgehead atoms. The molecule has 4 heteroatoms. The van der Waals surface area contributed by atoms with Crippen LogP contribution in [0.25, 0.3) is 10.8 Å². The Morgan fingerprint density at radius 2 is 1.90 bits per heavy atom. The van der Waals surface area contributed by atoms with Gasteiger partial charge in [0.15, 0.2) is 0 Å². The Morgan fingerprint density at radius 3 is 2.69 bits per heavy atom. The fourth-order valence-corrected chi connectivity index (χ4v) is 3.92. The second-order valence-electron chi connectivity index (χ2n) is 7.62. The van der Waals surface area contributed by atoms with Crippen LogP contribution in [0.5, 0.6) is 5.75 Å². The SMILES string of the molecule is COc1cccc(CN(CC2CCCO2)C(=O)Cc2ccc3ccccc3c2)c1. The van der Waals surface area contributed by atoms with Crippen LogP contribution in [-0.4, -0.2) is 37.2 Å². The molecule has 1 aliphatic rings. The molecule has 0 N–H and O–H groups in total. The molecule has 29 heavy (non-hydrogen) atoms. The molecule has 1 fully saturated rings. The van der Waals surface area contributed by atoms with E-state index in [0.717, 1.165) is 41.7 Å². The van der Waals surface area contributed by atoms with Crippen LogP contribution in [-0.2, 0) is 22.5 Å². The van der Waals surface area contributed by atoms with Crippen molar-refractivity contribution in [1.29, 1.82) is 0 Å². The number of benzene rings is 3. The number of hydrogen-bond donors (Lipinski definition) is 0. The normalized spacial score (nSPS) is 16.1. The molecular formula is C25H27NO3. The molecule has 3 aromatic rings. The Labute approximate surface area is 172 Å². The topological polar surface area (TPSA) is 38.8 Å². The second kappa shape index (κ2) is 9.10. The van der Waals surface area contributed by atoms with E-state index in [1.165, 1.54) is 5.39 Å². The summed E-state index contributed by atoms with van der Waals surface area (Å²) in [6, 6.07) is 22.4. The highest BCUT2D eigenvalue weighted by Gasteiger charge is 2.23. The van der Waals surface area contributed by atoms with Gasteiger partial charge in [-0.3, -0.25) is 4.79 Å². The Morgan fingerprint density at radius 1 is 1.03 bits per heavy atom. The lowest BCUT2D eigenvalue weighted by molar-refractivity contribution is -0.132. The average molecular weight is 389 g/mol. The van der Waals surface area contributed by atoms with Crippen LogP contribution in [0.3, 0.4) is 0 Å². The Kier molecular flexibility index (Phi) is 6.11. The summed E-state index contributed by atoms with van der Waals surface area (Å²) < 4.78 is 11.1. The Bertz CT molecular complexity index is 978. The Hall–Kier alpha value is -2.85. The zero-order valence-electron chi connectivity index (χ0n) is 16.8.